The number of hydrogen-bond acceptors (Lipinski definition) is 4. The number of allylic oxidation sites excluding steroid dienone is 1. The van der Waals surface area contributed by atoms with Crippen LogP contribution in [0, 0.1) is 22.7 Å². The van der Waals surface area contributed by atoms with Crippen molar-refractivity contribution in [1.29, 1.82) is 10.5 Å². The maximum atomic E-state index is 13.0. The van der Waals surface area contributed by atoms with Crippen LogP contribution in [0.5, 0.6) is 0 Å². The van der Waals surface area contributed by atoms with Gasteiger partial charge in [-0.05, 0) is 19.1 Å². The minimum Gasteiger partial charge on any atom is -0.359 e. The summed E-state index contributed by atoms with van der Waals surface area (Å²) in [4.78, 5) is 11.5. The summed E-state index contributed by atoms with van der Waals surface area (Å²) in [5.74, 6) is -1.14. The number of nitrogens with one attached hydrogen (secondary N) is 1. The molecule has 4 nitrogen and oxygen atoms in total. The molecule has 0 saturated heterocycles. The van der Waals surface area contributed by atoms with E-state index in [2.05, 4.69) is 0 Å². The molecule has 0 heterocycles. The largest absolute Gasteiger partial charge is 0.417 e. The molecule has 0 aliphatic heterocycles. The number of nitrogens with zero attached hydrogens (tertiary/aromatic N) is 2. The third-order valence-corrected chi connectivity index (χ3v) is 2.74. The van der Waals surface area contributed by atoms with Gasteiger partial charge in [-0.1, -0.05) is 0 Å². The van der Waals surface area contributed by atoms with E-state index in [9.17, 15) is 31.1 Å². The van der Waals surface area contributed by atoms with Gasteiger partial charge < -0.3 is 5.32 Å². The molecule has 1 aromatic carbocycles. The predicted molar refractivity (Wildman–Crippen MR) is 69.4 cm³/mol. The Hall–Kier alpha value is -3.01. The number of alkyl halides is 6. The van der Waals surface area contributed by atoms with Gasteiger partial charge in [0.1, 0.15) is 17.7 Å². The highest BCUT2D eigenvalue weighted by Gasteiger charge is 2.40. The van der Waals surface area contributed by atoms with Gasteiger partial charge in [-0.3, -0.25) is 4.79 Å². The smallest absolute Gasteiger partial charge is 0.359 e. The molecule has 1 aromatic rings. The Morgan fingerprint density at radius 1 is 1.08 bits per heavy atom. The van der Waals surface area contributed by atoms with Crippen LogP contribution >= 0.6 is 0 Å². The van der Waals surface area contributed by atoms with Crippen molar-refractivity contribution in [2.75, 3.05) is 5.32 Å². The number of rotatable bonds is 3. The second-order valence-electron chi connectivity index (χ2n) is 4.42. The minimum absolute atomic E-state index is 0.166. The van der Waals surface area contributed by atoms with Gasteiger partial charge in [-0.2, -0.15) is 36.9 Å². The van der Waals surface area contributed by atoms with E-state index in [1.54, 1.807) is 0 Å². The maximum Gasteiger partial charge on any atom is 0.417 e. The molecule has 0 bridgehead atoms. The molecule has 0 aromatic heterocycles. The lowest BCUT2D eigenvalue weighted by Gasteiger charge is -2.18. The number of hydrogen-bond donors (Lipinski definition) is 1. The van der Waals surface area contributed by atoms with Gasteiger partial charge in [-0.25, -0.2) is 0 Å². The van der Waals surface area contributed by atoms with E-state index in [4.69, 9.17) is 10.5 Å². The van der Waals surface area contributed by atoms with Gasteiger partial charge in [0, 0.05) is 6.20 Å². The van der Waals surface area contributed by atoms with Gasteiger partial charge in [-0.15, -0.1) is 0 Å². The average Bonchev–Trinajstić information content (AvgIpc) is 2.45. The summed E-state index contributed by atoms with van der Waals surface area (Å²) in [7, 11) is 0. The van der Waals surface area contributed by atoms with Crippen LogP contribution in [-0.2, 0) is 12.4 Å². The zero-order valence-corrected chi connectivity index (χ0v) is 11.8. The fraction of sp³-hybridized carbons (Fsp3) is 0.214. The normalized spacial score (nSPS) is 11.2. The molecule has 0 aliphatic carbocycles. The number of anilines is 1. The Bertz CT molecular complexity index is 762. The van der Waals surface area contributed by atoms with Crippen LogP contribution in [0.1, 0.15) is 28.4 Å². The summed E-state index contributed by atoms with van der Waals surface area (Å²) in [5.41, 5.74) is -5.84. The number of ketones is 1. The van der Waals surface area contributed by atoms with Crippen LogP contribution in [0.2, 0.25) is 0 Å². The van der Waals surface area contributed by atoms with Gasteiger partial charge >= 0.3 is 12.4 Å². The Morgan fingerprint density at radius 3 is 2.00 bits per heavy atom. The standard InChI is InChI=1S/C14H7F6N3O/c1-7(24)12-10(14(18,19)20)2-9(13(15,16)17)3-11(12)23-6-8(4-21)5-22/h2-3,6,23H,1H3. The van der Waals surface area contributed by atoms with E-state index in [-0.39, 0.29) is 6.07 Å². The fourth-order valence-electron chi connectivity index (χ4n) is 1.76. The van der Waals surface area contributed by atoms with Crippen molar-refractivity contribution in [1.82, 2.24) is 0 Å². The van der Waals surface area contributed by atoms with Gasteiger partial charge in [0.15, 0.2) is 5.78 Å². The van der Waals surface area contributed by atoms with E-state index in [0.29, 0.717) is 12.3 Å². The van der Waals surface area contributed by atoms with Crippen LogP contribution in [0.25, 0.3) is 0 Å². The molecular formula is C14H7F6N3O. The first-order valence-corrected chi connectivity index (χ1v) is 6.02. The van der Waals surface area contributed by atoms with Crippen molar-refractivity contribution >= 4 is 11.5 Å². The predicted octanol–water partition coefficient (Wildman–Crippen LogP) is 4.27. The molecular weight excluding hydrogens is 340 g/mol. The fourth-order valence-corrected chi connectivity index (χ4v) is 1.76. The number of Topliss-reactive ketones (excluding diaryl/α,β-unsaturated/α-hetero) is 1. The Labute approximate surface area is 131 Å². The molecule has 126 valence electrons. The molecule has 24 heavy (non-hydrogen) atoms. The van der Waals surface area contributed by atoms with Gasteiger partial charge in [0.05, 0.1) is 22.4 Å². The van der Waals surface area contributed by atoms with Crippen molar-refractivity contribution in [3.63, 3.8) is 0 Å². The first kappa shape index (κ1) is 19.0. The molecule has 0 saturated carbocycles. The highest BCUT2D eigenvalue weighted by atomic mass is 19.4. The molecule has 1 rings (SSSR count). The molecule has 0 aliphatic rings. The van der Waals surface area contributed by atoms with Crippen LogP contribution in [0.3, 0.4) is 0 Å². The zero-order valence-electron chi connectivity index (χ0n) is 11.8. The maximum absolute atomic E-state index is 13.0. The highest BCUT2D eigenvalue weighted by molar-refractivity contribution is 6.01. The summed E-state index contributed by atoms with van der Waals surface area (Å²) in [6, 6.07) is 2.87. The molecule has 0 amide bonds. The second kappa shape index (κ2) is 6.62. The van der Waals surface area contributed by atoms with Crippen molar-refractivity contribution in [2.24, 2.45) is 0 Å². The average molecular weight is 347 g/mol. The van der Waals surface area contributed by atoms with Crippen molar-refractivity contribution < 1.29 is 31.1 Å². The van der Waals surface area contributed by atoms with E-state index in [0.717, 1.165) is 6.92 Å². The van der Waals surface area contributed by atoms with Gasteiger partial charge in [0.2, 0.25) is 0 Å². The van der Waals surface area contributed by atoms with E-state index < -0.39 is 46.1 Å². The summed E-state index contributed by atoms with van der Waals surface area (Å²) < 4.78 is 77.5. The number of carbonyl (C=O) groups is 1. The lowest BCUT2D eigenvalue weighted by atomic mass is 9.97. The SMILES string of the molecule is CC(=O)c1c(NC=C(C#N)C#N)cc(C(F)(F)F)cc1C(F)(F)F. The third kappa shape index (κ3) is 4.26. The first-order valence-electron chi connectivity index (χ1n) is 6.02. The Balaban J connectivity index is 3.72. The third-order valence-electron chi connectivity index (χ3n) is 2.74. The molecule has 0 atom stereocenters. The minimum atomic E-state index is -5.21. The lowest BCUT2D eigenvalue weighted by Crippen LogP contribution is -2.17. The van der Waals surface area contributed by atoms with E-state index >= 15 is 0 Å². The second-order valence-corrected chi connectivity index (χ2v) is 4.42. The summed E-state index contributed by atoms with van der Waals surface area (Å²) >= 11 is 0. The monoisotopic (exact) mass is 347 g/mol. The molecule has 1 N–H and O–H groups in total. The number of halogens is 6. The Kier molecular flexibility index (Phi) is 5.25. The molecule has 0 unspecified atom stereocenters. The summed E-state index contributed by atoms with van der Waals surface area (Å²) in [5, 5.41) is 19.1. The molecule has 0 fully saturated rings. The summed E-state index contributed by atoms with van der Waals surface area (Å²) in [6.07, 6.45) is -9.69. The Morgan fingerprint density at radius 2 is 1.62 bits per heavy atom. The molecule has 0 spiro atoms. The number of carbonyl (C=O) groups excluding carboxylic acids is 1. The van der Waals surface area contributed by atoms with Crippen molar-refractivity contribution in [2.45, 2.75) is 19.3 Å². The van der Waals surface area contributed by atoms with Crippen molar-refractivity contribution in [3.05, 3.63) is 40.6 Å². The topological polar surface area (TPSA) is 76.7 Å². The van der Waals surface area contributed by atoms with Crippen molar-refractivity contribution in [3.8, 4) is 12.1 Å². The lowest BCUT2D eigenvalue weighted by molar-refractivity contribution is -0.143. The van der Waals surface area contributed by atoms with Gasteiger partial charge in [0.25, 0.3) is 0 Å². The molecule has 0 radical (unpaired) electrons. The van der Waals surface area contributed by atoms with Crippen LogP contribution < -0.4 is 5.32 Å². The molecule has 10 heteroatoms. The van der Waals surface area contributed by atoms with Crippen LogP contribution in [0.15, 0.2) is 23.9 Å². The summed E-state index contributed by atoms with van der Waals surface area (Å²) in [6.45, 7) is 0.752. The number of benzene rings is 1. The first-order chi connectivity index (χ1) is 10.9. The van der Waals surface area contributed by atoms with E-state index in [1.165, 1.54) is 12.1 Å². The van der Waals surface area contributed by atoms with E-state index in [1.807, 2.05) is 5.32 Å². The van der Waals surface area contributed by atoms with Crippen LogP contribution in [0.4, 0.5) is 32.0 Å². The van der Waals surface area contributed by atoms with Crippen LogP contribution in [-0.4, -0.2) is 5.78 Å². The number of nitriles is 2. The highest BCUT2D eigenvalue weighted by Crippen LogP contribution is 2.40. The quantitative estimate of drug-likeness (QED) is 0.503. The zero-order chi connectivity index (χ0) is 18.7.